The van der Waals surface area contributed by atoms with Gasteiger partial charge in [-0.15, -0.1) is 5.10 Å². The fraction of sp³-hybridized carbons (Fsp3) is 0.364. The summed E-state index contributed by atoms with van der Waals surface area (Å²) in [4.78, 5) is 26.9. The van der Waals surface area contributed by atoms with Crippen LogP contribution in [-0.2, 0) is 13.1 Å². The molecule has 0 bridgehead atoms. The van der Waals surface area contributed by atoms with Crippen LogP contribution in [0.3, 0.4) is 0 Å². The van der Waals surface area contributed by atoms with Crippen LogP contribution in [0.1, 0.15) is 21.9 Å². The molecule has 2 rings (SSSR count). The number of hydrazine groups is 1. The van der Waals surface area contributed by atoms with Gasteiger partial charge in [-0.2, -0.15) is 4.98 Å². The van der Waals surface area contributed by atoms with Crippen molar-refractivity contribution in [1.82, 2.24) is 30.0 Å². The SMILES string of the molecule is Cc1cc(C)n(CCn2cc(C(=O)NN)nn2)c(=O)n1. The second-order valence-electron chi connectivity index (χ2n) is 4.31. The van der Waals surface area contributed by atoms with Crippen molar-refractivity contribution in [3.8, 4) is 0 Å². The van der Waals surface area contributed by atoms with Gasteiger partial charge in [-0.1, -0.05) is 5.21 Å². The molecule has 0 saturated carbocycles. The van der Waals surface area contributed by atoms with Crippen LogP contribution in [0.5, 0.6) is 0 Å². The fourth-order valence-electron chi connectivity index (χ4n) is 1.83. The Labute approximate surface area is 114 Å². The van der Waals surface area contributed by atoms with Gasteiger partial charge in [0.2, 0.25) is 0 Å². The number of rotatable bonds is 4. The highest BCUT2D eigenvalue weighted by atomic mass is 16.2. The number of hydrogen-bond acceptors (Lipinski definition) is 6. The van der Waals surface area contributed by atoms with Crippen LogP contribution < -0.4 is 17.0 Å². The molecule has 2 aromatic heterocycles. The first kappa shape index (κ1) is 13.9. The second-order valence-corrected chi connectivity index (χ2v) is 4.31. The summed E-state index contributed by atoms with van der Waals surface area (Å²) >= 11 is 0. The third-order valence-corrected chi connectivity index (χ3v) is 2.80. The highest BCUT2D eigenvalue weighted by Gasteiger charge is 2.09. The Hall–Kier alpha value is -2.55. The topological polar surface area (TPSA) is 121 Å². The zero-order valence-electron chi connectivity index (χ0n) is 11.2. The zero-order valence-corrected chi connectivity index (χ0v) is 11.2. The number of carbonyl (C=O) groups is 1. The lowest BCUT2D eigenvalue weighted by Gasteiger charge is -2.09. The van der Waals surface area contributed by atoms with E-state index >= 15 is 0 Å². The average Bonchev–Trinajstić information content (AvgIpc) is 2.85. The highest BCUT2D eigenvalue weighted by molar-refractivity contribution is 5.91. The van der Waals surface area contributed by atoms with Gasteiger partial charge in [0.1, 0.15) is 0 Å². The summed E-state index contributed by atoms with van der Waals surface area (Å²) in [5, 5.41) is 7.47. The van der Waals surface area contributed by atoms with Gasteiger partial charge < -0.3 is 0 Å². The van der Waals surface area contributed by atoms with Crippen molar-refractivity contribution in [3.63, 3.8) is 0 Å². The largest absolute Gasteiger partial charge is 0.348 e. The summed E-state index contributed by atoms with van der Waals surface area (Å²) in [6.07, 6.45) is 1.46. The maximum Gasteiger partial charge on any atom is 0.348 e. The number of nitrogens with two attached hydrogens (primary N) is 1. The standard InChI is InChI=1S/C11H15N7O2/c1-7-5-8(2)18(11(20)13-7)4-3-17-6-9(15-16-17)10(19)14-12/h5-6H,3-4,12H2,1-2H3,(H,14,19). The van der Waals surface area contributed by atoms with Gasteiger partial charge in [0.15, 0.2) is 5.69 Å². The normalized spacial score (nSPS) is 10.6. The second kappa shape index (κ2) is 5.61. The molecule has 0 saturated heterocycles. The van der Waals surface area contributed by atoms with E-state index < -0.39 is 5.91 Å². The molecule has 9 heteroatoms. The summed E-state index contributed by atoms with van der Waals surface area (Å²) in [6.45, 7) is 4.40. The first-order chi connectivity index (χ1) is 9.51. The average molecular weight is 277 g/mol. The molecule has 0 aliphatic carbocycles. The number of carbonyl (C=O) groups excluding carboxylic acids is 1. The third kappa shape index (κ3) is 2.88. The Bertz CT molecular complexity index is 688. The molecule has 0 unspecified atom stereocenters. The monoisotopic (exact) mass is 277 g/mol. The third-order valence-electron chi connectivity index (χ3n) is 2.80. The minimum absolute atomic E-state index is 0.124. The first-order valence-electron chi connectivity index (χ1n) is 5.97. The molecule has 0 aliphatic rings. The maximum absolute atomic E-state index is 11.8. The van der Waals surface area contributed by atoms with E-state index in [1.807, 2.05) is 18.4 Å². The van der Waals surface area contributed by atoms with Gasteiger partial charge >= 0.3 is 5.69 Å². The molecule has 0 aromatic carbocycles. The molecule has 106 valence electrons. The molecule has 2 heterocycles. The predicted molar refractivity (Wildman–Crippen MR) is 69.6 cm³/mol. The molecule has 0 spiro atoms. The molecule has 9 nitrogen and oxygen atoms in total. The van der Waals surface area contributed by atoms with Gasteiger partial charge in [0, 0.05) is 17.9 Å². The molecule has 0 radical (unpaired) electrons. The lowest BCUT2D eigenvalue weighted by atomic mass is 10.3. The van der Waals surface area contributed by atoms with E-state index in [1.165, 1.54) is 15.4 Å². The molecule has 1 amide bonds. The molecule has 0 aliphatic heterocycles. The number of aromatic nitrogens is 5. The smallest absolute Gasteiger partial charge is 0.295 e. The summed E-state index contributed by atoms with van der Waals surface area (Å²) in [5.41, 5.74) is 3.30. The van der Waals surface area contributed by atoms with Crippen molar-refractivity contribution in [2.24, 2.45) is 5.84 Å². The van der Waals surface area contributed by atoms with Crippen LogP contribution in [-0.4, -0.2) is 30.5 Å². The summed E-state index contributed by atoms with van der Waals surface area (Å²) in [5.74, 6) is 4.49. The van der Waals surface area contributed by atoms with Crippen molar-refractivity contribution >= 4 is 5.91 Å². The van der Waals surface area contributed by atoms with E-state index in [4.69, 9.17) is 5.84 Å². The minimum atomic E-state index is -0.512. The van der Waals surface area contributed by atoms with E-state index in [0.29, 0.717) is 18.8 Å². The fourth-order valence-corrected chi connectivity index (χ4v) is 1.83. The number of amides is 1. The Morgan fingerprint density at radius 3 is 2.80 bits per heavy atom. The van der Waals surface area contributed by atoms with Crippen molar-refractivity contribution in [2.45, 2.75) is 26.9 Å². The Morgan fingerprint density at radius 2 is 2.15 bits per heavy atom. The molecule has 0 atom stereocenters. The number of aryl methyl sites for hydroxylation is 3. The number of nitrogen functional groups attached to an aromatic ring is 1. The van der Waals surface area contributed by atoms with E-state index in [-0.39, 0.29) is 11.4 Å². The highest BCUT2D eigenvalue weighted by Crippen LogP contribution is 1.98. The quantitative estimate of drug-likeness (QED) is 0.409. The van der Waals surface area contributed by atoms with Gasteiger partial charge in [0.05, 0.1) is 12.7 Å². The van der Waals surface area contributed by atoms with E-state index in [0.717, 1.165) is 5.69 Å². The Morgan fingerprint density at radius 1 is 1.40 bits per heavy atom. The van der Waals surface area contributed by atoms with Gasteiger partial charge in [0.25, 0.3) is 5.91 Å². The lowest BCUT2D eigenvalue weighted by molar-refractivity contribution is 0.0948. The number of hydrogen-bond donors (Lipinski definition) is 2. The van der Waals surface area contributed by atoms with E-state index in [2.05, 4.69) is 15.3 Å². The first-order valence-corrected chi connectivity index (χ1v) is 5.97. The molecule has 3 N–H and O–H groups in total. The van der Waals surface area contributed by atoms with E-state index in [9.17, 15) is 9.59 Å². The summed E-state index contributed by atoms with van der Waals surface area (Å²) in [7, 11) is 0. The van der Waals surface area contributed by atoms with Crippen molar-refractivity contribution in [2.75, 3.05) is 0 Å². The van der Waals surface area contributed by atoms with Gasteiger partial charge in [-0.25, -0.2) is 15.3 Å². The summed E-state index contributed by atoms with van der Waals surface area (Å²) < 4.78 is 3.01. The lowest BCUT2D eigenvalue weighted by Crippen LogP contribution is -2.30. The molecular weight excluding hydrogens is 262 g/mol. The van der Waals surface area contributed by atoms with Crippen molar-refractivity contribution < 1.29 is 4.79 Å². The van der Waals surface area contributed by atoms with Crippen LogP contribution in [0.4, 0.5) is 0 Å². The minimum Gasteiger partial charge on any atom is -0.295 e. The van der Waals surface area contributed by atoms with Gasteiger partial charge in [-0.3, -0.25) is 14.8 Å². The summed E-state index contributed by atoms with van der Waals surface area (Å²) in [6, 6.07) is 1.83. The zero-order chi connectivity index (χ0) is 14.7. The maximum atomic E-state index is 11.8. The molecule has 0 fully saturated rings. The number of nitrogens with zero attached hydrogens (tertiary/aromatic N) is 5. The van der Waals surface area contributed by atoms with E-state index in [1.54, 1.807) is 6.92 Å². The number of nitrogens with one attached hydrogen (secondary N) is 1. The van der Waals surface area contributed by atoms with Crippen LogP contribution in [0.25, 0.3) is 0 Å². The Balaban J connectivity index is 2.11. The van der Waals surface area contributed by atoms with Crippen LogP contribution in [0.15, 0.2) is 17.1 Å². The van der Waals surface area contributed by atoms with Crippen LogP contribution >= 0.6 is 0 Å². The van der Waals surface area contributed by atoms with Crippen LogP contribution in [0, 0.1) is 13.8 Å². The molecule has 20 heavy (non-hydrogen) atoms. The van der Waals surface area contributed by atoms with Crippen LogP contribution in [0.2, 0.25) is 0 Å². The molecule has 2 aromatic rings. The van der Waals surface area contributed by atoms with Crippen molar-refractivity contribution in [3.05, 3.63) is 39.8 Å². The predicted octanol–water partition coefficient (Wildman–Crippen LogP) is -1.24. The van der Waals surface area contributed by atoms with Crippen molar-refractivity contribution in [1.29, 1.82) is 0 Å². The molecular formula is C11H15N7O2. The van der Waals surface area contributed by atoms with Gasteiger partial charge in [-0.05, 0) is 19.9 Å². The Kier molecular flexibility index (Phi) is 3.89.